The minimum absolute atomic E-state index is 0.0141. The van der Waals surface area contributed by atoms with Gasteiger partial charge >= 0.3 is 6.18 Å². The molecule has 1 atom stereocenters. The second-order valence-electron chi connectivity index (χ2n) is 7.93. The molecule has 0 bridgehead atoms. The molecule has 3 aromatic rings. The maximum atomic E-state index is 13.6. The normalized spacial score (nSPS) is 18.5. The summed E-state index contributed by atoms with van der Waals surface area (Å²) >= 11 is 0. The largest absolute Gasteiger partial charge is 0.507 e. The summed E-state index contributed by atoms with van der Waals surface area (Å²) in [4.78, 5) is 2.27. The molecule has 1 aliphatic rings. The Bertz CT molecular complexity index is 1070. The highest BCUT2D eigenvalue weighted by Crippen LogP contribution is 2.42. The van der Waals surface area contributed by atoms with E-state index in [-0.39, 0.29) is 17.3 Å². The van der Waals surface area contributed by atoms with E-state index in [0.29, 0.717) is 16.6 Å². The van der Waals surface area contributed by atoms with Crippen LogP contribution >= 0.6 is 0 Å². The molecule has 4 rings (SSSR count). The minimum Gasteiger partial charge on any atom is -0.507 e. The standard InChI is InChI=1S/C21H23F3N4O/c1-12-7-16(21(22,23)24)19(18(29)8-12)17-10-14-9-13(2)28(20(14)26-25-17)15-5-4-6-27(3)11-15/h7-10,15,29H,4-6,11H2,1-3H3/t15-/m1/s1. The van der Waals surface area contributed by atoms with Crippen LogP contribution in [0.1, 0.15) is 35.7 Å². The number of phenols is 1. The SMILES string of the molecule is Cc1cc(O)c(-c2cc3cc(C)n([C@@H]4CCCN(C)C4)c3nn2)c(C(F)(F)F)c1. The lowest BCUT2D eigenvalue weighted by Gasteiger charge is -2.31. The lowest BCUT2D eigenvalue weighted by Crippen LogP contribution is -2.34. The van der Waals surface area contributed by atoms with Crippen molar-refractivity contribution in [1.29, 1.82) is 0 Å². The van der Waals surface area contributed by atoms with Gasteiger partial charge in [-0.25, -0.2) is 0 Å². The number of aryl methyl sites for hydroxylation is 2. The van der Waals surface area contributed by atoms with Crippen molar-refractivity contribution in [1.82, 2.24) is 19.7 Å². The highest BCUT2D eigenvalue weighted by molar-refractivity contribution is 5.83. The Morgan fingerprint density at radius 1 is 1.10 bits per heavy atom. The number of likely N-dealkylation sites (N-methyl/N-ethyl adjacent to an activating group) is 1. The van der Waals surface area contributed by atoms with E-state index in [1.807, 2.05) is 13.0 Å². The van der Waals surface area contributed by atoms with Crippen LogP contribution in [0.5, 0.6) is 5.75 Å². The van der Waals surface area contributed by atoms with Crippen LogP contribution in [-0.4, -0.2) is 44.9 Å². The Morgan fingerprint density at radius 2 is 1.86 bits per heavy atom. The molecule has 0 radical (unpaired) electrons. The van der Waals surface area contributed by atoms with Gasteiger partial charge in [-0.3, -0.25) is 0 Å². The fourth-order valence-corrected chi connectivity index (χ4v) is 4.35. The molecule has 1 aliphatic heterocycles. The number of halogens is 3. The van der Waals surface area contributed by atoms with E-state index in [1.54, 1.807) is 6.07 Å². The van der Waals surface area contributed by atoms with Crippen molar-refractivity contribution in [3.8, 4) is 17.0 Å². The van der Waals surface area contributed by atoms with Gasteiger partial charge in [0.05, 0.1) is 16.8 Å². The van der Waals surface area contributed by atoms with Gasteiger partial charge in [-0.15, -0.1) is 10.2 Å². The van der Waals surface area contributed by atoms with Gasteiger partial charge < -0.3 is 14.6 Å². The number of alkyl halides is 3. The van der Waals surface area contributed by atoms with E-state index in [0.717, 1.165) is 37.7 Å². The zero-order chi connectivity index (χ0) is 20.9. The molecule has 2 aromatic heterocycles. The molecule has 0 aliphatic carbocycles. The summed E-state index contributed by atoms with van der Waals surface area (Å²) < 4.78 is 42.9. The molecule has 8 heteroatoms. The van der Waals surface area contributed by atoms with Crippen LogP contribution in [0.15, 0.2) is 24.3 Å². The Hall–Kier alpha value is -2.61. The lowest BCUT2D eigenvalue weighted by atomic mass is 9.99. The number of hydrogen-bond donors (Lipinski definition) is 1. The predicted molar refractivity (Wildman–Crippen MR) is 105 cm³/mol. The van der Waals surface area contributed by atoms with E-state index in [9.17, 15) is 18.3 Å². The number of likely N-dealkylation sites (tertiary alicyclic amines) is 1. The number of piperidine rings is 1. The first-order valence-corrected chi connectivity index (χ1v) is 9.60. The number of nitrogens with zero attached hydrogens (tertiary/aromatic N) is 4. The Balaban J connectivity index is 1.85. The van der Waals surface area contributed by atoms with E-state index in [1.165, 1.54) is 13.0 Å². The molecule has 5 nitrogen and oxygen atoms in total. The maximum Gasteiger partial charge on any atom is 0.417 e. The molecule has 1 fully saturated rings. The second kappa shape index (κ2) is 7.02. The predicted octanol–water partition coefficient (Wildman–Crippen LogP) is 4.71. The van der Waals surface area contributed by atoms with Crippen LogP contribution in [0, 0.1) is 13.8 Å². The Labute approximate surface area is 166 Å². The fraction of sp³-hybridized carbons (Fsp3) is 0.429. The molecule has 29 heavy (non-hydrogen) atoms. The van der Waals surface area contributed by atoms with Crippen LogP contribution in [0.25, 0.3) is 22.3 Å². The Morgan fingerprint density at radius 3 is 2.55 bits per heavy atom. The van der Waals surface area contributed by atoms with Crippen molar-refractivity contribution in [3.05, 3.63) is 41.1 Å². The molecule has 1 aromatic carbocycles. The van der Waals surface area contributed by atoms with Crippen molar-refractivity contribution < 1.29 is 18.3 Å². The highest BCUT2D eigenvalue weighted by Gasteiger charge is 2.36. The molecule has 1 saturated heterocycles. The van der Waals surface area contributed by atoms with E-state index < -0.39 is 17.5 Å². The van der Waals surface area contributed by atoms with Crippen LogP contribution < -0.4 is 0 Å². The number of aromatic nitrogens is 3. The van der Waals surface area contributed by atoms with Gasteiger partial charge in [0.2, 0.25) is 0 Å². The third-order valence-electron chi connectivity index (χ3n) is 5.56. The summed E-state index contributed by atoms with van der Waals surface area (Å²) in [6.07, 6.45) is -2.50. The fourth-order valence-electron chi connectivity index (χ4n) is 4.35. The van der Waals surface area contributed by atoms with Gasteiger partial charge in [0.1, 0.15) is 5.75 Å². The molecule has 0 saturated carbocycles. The smallest absolute Gasteiger partial charge is 0.417 e. The van der Waals surface area contributed by atoms with E-state index in [4.69, 9.17) is 0 Å². The van der Waals surface area contributed by atoms with Crippen molar-refractivity contribution in [2.45, 2.75) is 38.9 Å². The summed E-state index contributed by atoms with van der Waals surface area (Å²) in [6.45, 7) is 5.43. The summed E-state index contributed by atoms with van der Waals surface area (Å²) in [5.41, 5.74) is 0.757. The summed E-state index contributed by atoms with van der Waals surface area (Å²) in [6, 6.07) is 6.09. The summed E-state index contributed by atoms with van der Waals surface area (Å²) in [7, 11) is 2.08. The van der Waals surface area contributed by atoms with E-state index in [2.05, 4.69) is 26.7 Å². The molecular formula is C21H23F3N4O. The number of hydrogen-bond acceptors (Lipinski definition) is 4. The van der Waals surface area contributed by atoms with Gasteiger partial charge in [0.15, 0.2) is 5.65 Å². The summed E-state index contributed by atoms with van der Waals surface area (Å²) in [5.74, 6) is -0.448. The summed E-state index contributed by atoms with van der Waals surface area (Å²) in [5, 5.41) is 19.4. The highest BCUT2D eigenvalue weighted by atomic mass is 19.4. The number of aromatic hydroxyl groups is 1. The quantitative estimate of drug-likeness (QED) is 0.672. The topological polar surface area (TPSA) is 54.2 Å². The first-order valence-electron chi connectivity index (χ1n) is 9.60. The molecule has 154 valence electrons. The zero-order valence-electron chi connectivity index (χ0n) is 16.6. The first-order chi connectivity index (χ1) is 13.6. The lowest BCUT2D eigenvalue weighted by molar-refractivity contribution is -0.137. The monoisotopic (exact) mass is 404 g/mol. The molecular weight excluding hydrogens is 381 g/mol. The zero-order valence-corrected chi connectivity index (χ0v) is 16.6. The van der Waals surface area contributed by atoms with Crippen LogP contribution in [0.2, 0.25) is 0 Å². The number of fused-ring (bicyclic) bond motifs is 1. The third-order valence-corrected chi connectivity index (χ3v) is 5.56. The van der Waals surface area contributed by atoms with Crippen molar-refractivity contribution in [2.24, 2.45) is 0 Å². The van der Waals surface area contributed by atoms with Gasteiger partial charge in [-0.1, -0.05) is 0 Å². The van der Waals surface area contributed by atoms with Gasteiger partial charge in [-0.2, -0.15) is 13.2 Å². The minimum atomic E-state index is -4.61. The molecule has 3 heterocycles. The van der Waals surface area contributed by atoms with Crippen LogP contribution in [0.4, 0.5) is 13.2 Å². The molecule has 0 unspecified atom stereocenters. The molecule has 0 spiro atoms. The van der Waals surface area contributed by atoms with Crippen LogP contribution in [-0.2, 0) is 6.18 Å². The molecule has 0 amide bonds. The maximum absolute atomic E-state index is 13.6. The molecule has 1 N–H and O–H groups in total. The first kappa shape index (κ1) is 19.7. The van der Waals surface area contributed by atoms with E-state index >= 15 is 0 Å². The number of benzene rings is 1. The van der Waals surface area contributed by atoms with Crippen LogP contribution in [0.3, 0.4) is 0 Å². The third kappa shape index (κ3) is 3.57. The van der Waals surface area contributed by atoms with Gasteiger partial charge in [0, 0.05) is 23.7 Å². The average molecular weight is 404 g/mol. The van der Waals surface area contributed by atoms with Gasteiger partial charge in [0.25, 0.3) is 0 Å². The van der Waals surface area contributed by atoms with Crippen molar-refractivity contribution >= 4 is 11.0 Å². The van der Waals surface area contributed by atoms with Crippen molar-refractivity contribution in [3.63, 3.8) is 0 Å². The average Bonchev–Trinajstić information content (AvgIpc) is 2.95. The number of phenolic OH excluding ortho intramolecular Hbond substituents is 1. The van der Waals surface area contributed by atoms with Crippen molar-refractivity contribution in [2.75, 3.05) is 20.1 Å². The number of rotatable bonds is 2. The Kier molecular flexibility index (Phi) is 4.77. The second-order valence-corrected chi connectivity index (χ2v) is 7.93. The van der Waals surface area contributed by atoms with Gasteiger partial charge in [-0.05, 0) is 70.1 Å².